The molecule has 152 valence electrons. The third-order valence-corrected chi connectivity index (χ3v) is 5.17. The van der Waals surface area contributed by atoms with Crippen molar-refractivity contribution in [3.8, 4) is 5.75 Å². The first-order valence-electron chi connectivity index (χ1n) is 9.58. The van der Waals surface area contributed by atoms with Gasteiger partial charge in [-0.2, -0.15) is 0 Å². The van der Waals surface area contributed by atoms with Crippen LogP contribution in [0.3, 0.4) is 0 Å². The van der Waals surface area contributed by atoms with E-state index in [9.17, 15) is 14.7 Å². The van der Waals surface area contributed by atoms with Crippen molar-refractivity contribution in [2.24, 2.45) is 11.8 Å². The average molecular weight is 389 g/mol. The van der Waals surface area contributed by atoms with Gasteiger partial charge >= 0.3 is 5.97 Å². The van der Waals surface area contributed by atoms with Crippen LogP contribution in [0.5, 0.6) is 5.75 Å². The summed E-state index contributed by atoms with van der Waals surface area (Å²) in [5.74, 6) is -0.380. The van der Waals surface area contributed by atoms with Crippen molar-refractivity contribution in [1.29, 1.82) is 0 Å². The number of aliphatic hydroxyl groups excluding tert-OH is 1. The summed E-state index contributed by atoms with van der Waals surface area (Å²) in [6, 6.07) is 6.42. The standard InChI is InChI=1S/C21H27NO6/c1-4-26-21(25)13-5-7-14(8-6-13)28-18-12-27-20-15(19(18)24)9-10-17(23)16(20)11-22(2)3/h5-8,12,15-17,20,23H,4,9-11H2,1-3H3. The number of hydrogen-bond acceptors (Lipinski definition) is 7. The van der Waals surface area contributed by atoms with Crippen LogP contribution in [-0.4, -0.2) is 61.2 Å². The van der Waals surface area contributed by atoms with Crippen LogP contribution >= 0.6 is 0 Å². The first-order chi connectivity index (χ1) is 13.4. The maximum Gasteiger partial charge on any atom is 0.338 e. The van der Waals surface area contributed by atoms with Gasteiger partial charge in [-0.3, -0.25) is 4.79 Å². The Morgan fingerprint density at radius 3 is 2.61 bits per heavy atom. The van der Waals surface area contributed by atoms with Gasteiger partial charge in [0.05, 0.1) is 24.2 Å². The number of carbonyl (C=O) groups excluding carboxylic acids is 2. The highest BCUT2D eigenvalue weighted by atomic mass is 16.5. The summed E-state index contributed by atoms with van der Waals surface area (Å²) in [5.41, 5.74) is 0.419. The molecule has 0 radical (unpaired) electrons. The molecular formula is C21H27NO6. The molecule has 3 rings (SSSR count). The lowest BCUT2D eigenvalue weighted by molar-refractivity contribution is -0.139. The summed E-state index contributed by atoms with van der Waals surface area (Å²) in [6.45, 7) is 2.70. The molecule has 2 aliphatic rings. The van der Waals surface area contributed by atoms with E-state index in [4.69, 9.17) is 14.2 Å². The fourth-order valence-electron chi connectivity index (χ4n) is 3.83. The van der Waals surface area contributed by atoms with Crippen LogP contribution in [0, 0.1) is 11.8 Å². The van der Waals surface area contributed by atoms with Gasteiger partial charge in [0.2, 0.25) is 11.5 Å². The number of carbonyl (C=O) groups is 2. The molecule has 7 nitrogen and oxygen atoms in total. The van der Waals surface area contributed by atoms with Gasteiger partial charge in [0, 0.05) is 12.5 Å². The number of ketones is 1. The van der Waals surface area contributed by atoms with Crippen molar-refractivity contribution >= 4 is 11.8 Å². The monoisotopic (exact) mass is 389 g/mol. The minimum absolute atomic E-state index is 0.110. The van der Waals surface area contributed by atoms with Gasteiger partial charge < -0.3 is 24.2 Å². The molecule has 1 aromatic rings. The van der Waals surface area contributed by atoms with Crippen LogP contribution in [0.4, 0.5) is 0 Å². The van der Waals surface area contributed by atoms with Crippen LogP contribution in [0.15, 0.2) is 36.3 Å². The Bertz CT molecular complexity index is 742. The molecule has 1 heterocycles. The number of aliphatic hydroxyl groups is 1. The zero-order valence-corrected chi connectivity index (χ0v) is 16.5. The lowest BCUT2D eigenvalue weighted by Crippen LogP contribution is -2.51. The fourth-order valence-corrected chi connectivity index (χ4v) is 3.83. The number of nitrogens with zero attached hydrogens (tertiary/aromatic N) is 1. The van der Waals surface area contributed by atoms with E-state index >= 15 is 0 Å². The zero-order valence-electron chi connectivity index (χ0n) is 16.5. The van der Waals surface area contributed by atoms with E-state index < -0.39 is 12.1 Å². The van der Waals surface area contributed by atoms with Gasteiger partial charge in [-0.1, -0.05) is 0 Å². The van der Waals surface area contributed by atoms with Crippen molar-refractivity contribution in [2.45, 2.75) is 32.0 Å². The maximum absolute atomic E-state index is 12.9. The third-order valence-electron chi connectivity index (χ3n) is 5.17. The second-order valence-electron chi connectivity index (χ2n) is 7.47. The van der Waals surface area contributed by atoms with E-state index in [1.807, 2.05) is 19.0 Å². The topological polar surface area (TPSA) is 85.3 Å². The number of Topliss-reactive ketones (excluding diaryl/α,β-unsaturated/α-hetero) is 1. The highest BCUT2D eigenvalue weighted by Gasteiger charge is 2.46. The number of hydrogen-bond donors (Lipinski definition) is 1. The average Bonchev–Trinajstić information content (AvgIpc) is 2.66. The molecule has 4 unspecified atom stereocenters. The number of esters is 1. The van der Waals surface area contributed by atoms with E-state index in [1.165, 1.54) is 6.26 Å². The molecule has 1 aromatic carbocycles. The van der Waals surface area contributed by atoms with E-state index in [1.54, 1.807) is 31.2 Å². The molecule has 1 saturated carbocycles. The molecule has 1 N–H and O–H groups in total. The maximum atomic E-state index is 12.9. The predicted molar refractivity (Wildman–Crippen MR) is 102 cm³/mol. The molecule has 4 atom stereocenters. The van der Waals surface area contributed by atoms with Gasteiger partial charge in [-0.05, 0) is 58.1 Å². The van der Waals surface area contributed by atoms with Crippen molar-refractivity contribution in [2.75, 3.05) is 27.2 Å². The number of fused-ring (bicyclic) bond motifs is 1. The molecule has 28 heavy (non-hydrogen) atoms. The molecule has 0 spiro atoms. The zero-order chi connectivity index (χ0) is 20.3. The normalized spacial score (nSPS) is 26.9. The fraction of sp³-hybridized carbons (Fsp3) is 0.524. The Morgan fingerprint density at radius 1 is 1.25 bits per heavy atom. The van der Waals surface area contributed by atoms with Gasteiger partial charge in [-0.25, -0.2) is 4.79 Å². The summed E-state index contributed by atoms with van der Waals surface area (Å²) >= 11 is 0. The van der Waals surface area contributed by atoms with Gasteiger partial charge in [0.15, 0.2) is 0 Å². The molecule has 1 aliphatic carbocycles. The highest BCUT2D eigenvalue weighted by Crippen LogP contribution is 2.37. The summed E-state index contributed by atoms with van der Waals surface area (Å²) in [6.07, 6.45) is 1.65. The van der Waals surface area contributed by atoms with Crippen molar-refractivity contribution in [1.82, 2.24) is 4.90 Å². The minimum Gasteiger partial charge on any atom is -0.493 e. The molecule has 1 fully saturated rings. The van der Waals surface area contributed by atoms with E-state index in [2.05, 4.69) is 0 Å². The Balaban J connectivity index is 1.71. The molecule has 7 heteroatoms. The van der Waals surface area contributed by atoms with E-state index in [-0.39, 0.29) is 29.5 Å². The van der Waals surface area contributed by atoms with Crippen LogP contribution in [0.1, 0.15) is 30.1 Å². The third kappa shape index (κ3) is 4.36. The smallest absolute Gasteiger partial charge is 0.338 e. The second-order valence-corrected chi connectivity index (χ2v) is 7.47. The number of ether oxygens (including phenoxy) is 3. The van der Waals surface area contributed by atoms with E-state index in [0.29, 0.717) is 37.3 Å². The lowest BCUT2D eigenvalue weighted by atomic mass is 9.73. The lowest BCUT2D eigenvalue weighted by Gasteiger charge is -2.42. The molecule has 0 aromatic heterocycles. The summed E-state index contributed by atoms with van der Waals surface area (Å²) in [7, 11) is 3.87. The van der Waals surface area contributed by atoms with Crippen molar-refractivity contribution in [3.05, 3.63) is 41.9 Å². The first kappa shape index (κ1) is 20.4. The van der Waals surface area contributed by atoms with Gasteiger partial charge in [0.1, 0.15) is 18.1 Å². The van der Waals surface area contributed by atoms with Crippen molar-refractivity contribution in [3.63, 3.8) is 0 Å². The second kappa shape index (κ2) is 8.75. The number of benzene rings is 1. The van der Waals surface area contributed by atoms with Crippen molar-refractivity contribution < 1.29 is 28.9 Å². The summed E-state index contributed by atoms with van der Waals surface area (Å²) < 4.78 is 16.5. The molecule has 0 saturated heterocycles. The quantitative estimate of drug-likeness (QED) is 0.745. The van der Waals surface area contributed by atoms with Gasteiger partial charge in [-0.15, -0.1) is 0 Å². The molecule has 0 amide bonds. The molecule has 0 bridgehead atoms. The Hall–Kier alpha value is -2.38. The number of rotatable bonds is 6. The van der Waals surface area contributed by atoms with Crippen LogP contribution < -0.4 is 4.74 Å². The molecule has 1 aliphatic heterocycles. The highest BCUT2D eigenvalue weighted by molar-refractivity contribution is 5.96. The largest absolute Gasteiger partial charge is 0.493 e. The summed E-state index contributed by atoms with van der Waals surface area (Å²) in [4.78, 5) is 26.6. The predicted octanol–water partition coefficient (Wildman–Crippen LogP) is 2.00. The summed E-state index contributed by atoms with van der Waals surface area (Å²) in [5, 5.41) is 10.3. The van der Waals surface area contributed by atoms with Crippen LogP contribution in [0.25, 0.3) is 0 Å². The Morgan fingerprint density at radius 2 is 1.96 bits per heavy atom. The molecular weight excluding hydrogens is 362 g/mol. The first-order valence-corrected chi connectivity index (χ1v) is 9.58. The van der Waals surface area contributed by atoms with E-state index in [0.717, 1.165) is 0 Å². The number of allylic oxidation sites excluding steroid dienone is 1. The van der Waals surface area contributed by atoms with Crippen LogP contribution in [-0.2, 0) is 14.3 Å². The Labute approximate surface area is 164 Å². The minimum atomic E-state index is -0.484. The van der Waals surface area contributed by atoms with Crippen LogP contribution in [0.2, 0.25) is 0 Å². The van der Waals surface area contributed by atoms with Gasteiger partial charge in [0.25, 0.3) is 0 Å². The Kier molecular flexibility index (Phi) is 6.36. The SMILES string of the molecule is CCOC(=O)c1ccc(OC2=COC3C(CCC(O)C3CN(C)C)C2=O)cc1.